The van der Waals surface area contributed by atoms with Crippen molar-refractivity contribution in [1.82, 2.24) is 10.3 Å². The monoisotopic (exact) mass is 251 g/mol. The maximum atomic E-state index is 8.92. The van der Waals surface area contributed by atoms with Gasteiger partial charge in [-0.25, -0.2) is 4.98 Å². The minimum Gasteiger partial charge on any atom is -0.306 e. The number of nitriles is 1. The van der Waals surface area contributed by atoms with Gasteiger partial charge in [0, 0.05) is 11.6 Å². The normalized spacial score (nSPS) is 12.4. The average molecular weight is 251 g/mol. The number of rotatable bonds is 6. The molecule has 0 atom stereocenters. The van der Waals surface area contributed by atoms with E-state index in [0.29, 0.717) is 0 Å². The molecular weight excluding hydrogens is 230 g/mol. The van der Waals surface area contributed by atoms with Crippen LogP contribution >= 0.6 is 11.3 Å². The van der Waals surface area contributed by atoms with Gasteiger partial charge in [0.05, 0.1) is 17.0 Å². The first-order chi connectivity index (χ1) is 7.87. The molecule has 1 heterocycles. The van der Waals surface area contributed by atoms with Crippen molar-refractivity contribution in [3.05, 3.63) is 16.6 Å². The third-order valence-corrected chi connectivity index (χ3v) is 3.91. The molecule has 94 valence electrons. The van der Waals surface area contributed by atoms with Gasteiger partial charge in [0.1, 0.15) is 5.01 Å². The lowest BCUT2D eigenvalue weighted by molar-refractivity contribution is 0.366. The topological polar surface area (TPSA) is 48.7 Å². The van der Waals surface area contributed by atoms with Crippen LogP contribution in [0, 0.1) is 16.7 Å². The second kappa shape index (κ2) is 5.61. The number of hydrogen-bond donors (Lipinski definition) is 1. The summed E-state index contributed by atoms with van der Waals surface area (Å²) in [6.07, 6.45) is 3.77. The van der Waals surface area contributed by atoms with Crippen LogP contribution in [0.5, 0.6) is 0 Å². The van der Waals surface area contributed by atoms with Gasteiger partial charge in [-0.05, 0) is 47.1 Å². The summed E-state index contributed by atoms with van der Waals surface area (Å²) < 4.78 is 0. The second-order valence-corrected chi connectivity index (χ2v) is 6.38. The van der Waals surface area contributed by atoms with E-state index in [0.717, 1.165) is 24.4 Å². The van der Waals surface area contributed by atoms with Crippen molar-refractivity contribution < 1.29 is 0 Å². The third-order valence-electron chi connectivity index (χ3n) is 2.82. The summed E-state index contributed by atoms with van der Waals surface area (Å²) in [5.74, 6) is 0. The molecule has 17 heavy (non-hydrogen) atoms. The van der Waals surface area contributed by atoms with Crippen molar-refractivity contribution in [2.75, 3.05) is 6.54 Å². The molecule has 1 aromatic rings. The zero-order chi connectivity index (χ0) is 12.9. The van der Waals surface area contributed by atoms with Gasteiger partial charge in [0.25, 0.3) is 0 Å². The Morgan fingerprint density at radius 3 is 2.65 bits per heavy atom. The highest BCUT2D eigenvalue weighted by atomic mass is 32.1. The largest absolute Gasteiger partial charge is 0.306 e. The zero-order valence-corrected chi connectivity index (χ0v) is 11.9. The standard InChI is InChI=1S/C13H21N3S/c1-12(2,10-14)6-5-7-16-13(3,4)11-15-8-9-17-11/h8-9,16H,5-7H2,1-4H3. The van der Waals surface area contributed by atoms with Gasteiger partial charge in [-0.1, -0.05) is 0 Å². The van der Waals surface area contributed by atoms with E-state index in [9.17, 15) is 0 Å². The first-order valence-corrected chi connectivity index (χ1v) is 6.82. The van der Waals surface area contributed by atoms with Gasteiger partial charge >= 0.3 is 0 Å². The van der Waals surface area contributed by atoms with Crippen molar-refractivity contribution in [2.24, 2.45) is 5.41 Å². The van der Waals surface area contributed by atoms with E-state index >= 15 is 0 Å². The van der Waals surface area contributed by atoms with E-state index in [1.807, 2.05) is 25.4 Å². The molecule has 0 aliphatic rings. The van der Waals surface area contributed by atoms with E-state index < -0.39 is 0 Å². The average Bonchev–Trinajstić information content (AvgIpc) is 2.78. The van der Waals surface area contributed by atoms with E-state index in [-0.39, 0.29) is 11.0 Å². The Morgan fingerprint density at radius 2 is 2.12 bits per heavy atom. The molecule has 0 radical (unpaired) electrons. The van der Waals surface area contributed by atoms with Crippen molar-refractivity contribution in [3.63, 3.8) is 0 Å². The van der Waals surface area contributed by atoms with E-state index in [1.165, 1.54) is 0 Å². The van der Waals surface area contributed by atoms with Gasteiger partial charge in [0.15, 0.2) is 0 Å². The summed E-state index contributed by atoms with van der Waals surface area (Å²) in [6, 6.07) is 2.33. The first kappa shape index (κ1) is 14.1. The molecule has 0 saturated heterocycles. The lowest BCUT2D eigenvalue weighted by Crippen LogP contribution is -2.37. The molecule has 1 rings (SSSR count). The smallest absolute Gasteiger partial charge is 0.112 e. The lowest BCUT2D eigenvalue weighted by Gasteiger charge is -2.24. The molecule has 0 aliphatic heterocycles. The molecule has 0 aromatic carbocycles. The molecular formula is C13H21N3S. The Morgan fingerprint density at radius 1 is 1.41 bits per heavy atom. The van der Waals surface area contributed by atoms with Crippen molar-refractivity contribution >= 4 is 11.3 Å². The third kappa shape index (κ3) is 4.45. The molecule has 0 spiro atoms. The maximum Gasteiger partial charge on any atom is 0.112 e. The fraction of sp³-hybridized carbons (Fsp3) is 0.692. The molecule has 0 fully saturated rings. The molecule has 0 saturated carbocycles. The van der Waals surface area contributed by atoms with Crippen LogP contribution in [0.15, 0.2) is 11.6 Å². The Kier molecular flexibility index (Phi) is 4.67. The van der Waals surface area contributed by atoms with Crippen LogP contribution < -0.4 is 5.32 Å². The number of aromatic nitrogens is 1. The summed E-state index contributed by atoms with van der Waals surface area (Å²) in [4.78, 5) is 4.34. The Labute approximate surface area is 108 Å². The molecule has 0 bridgehead atoms. The van der Waals surface area contributed by atoms with Crippen LogP contribution in [0.4, 0.5) is 0 Å². The fourth-order valence-electron chi connectivity index (χ4n) is 1.59. The number of nitrogens with zero attached hydrogens (tertiary/aromatic N) is 2. The molecule has 4 heteroatoms. The van der Waals surface area contributed by atoms with Crippen LogP contribution in [0.2, 0.25) is 0 Å². The van der Waals surface area contributed by atoms with E-state index in [4.69, 9.17) is 5.26 Å². The summed E-state index contributed by atoms with van der Waals surface area (Å²) in [6.45, 7) is 9.16. The SMILES string of the molecule is CC(C)(C#N)CCCNC(C)(C)c1nccs1. The number of thiazole rings is 1. The van der Waals surface area contributed by atoms with Gasteiger partial charge in [-0.15, -0.1) is 11.3 Å². The summed E-state index contributed by atoms with van der Waals surface area (Å²) in [7, 11) is 0. The van der Waals surface area contributed by atoms with Crippen LogP contribution in [0.3, 0.4) is 0 Å². The fourth-order valence-corrected chi connectivity index (χ4v) is 2.33. The van der Waals surface area contributed by atoms with Crippen LogP contribution in [0.25, 0.3) is 0 Å². The van der Waals surface area contributed by atoms with Gasteiger partial charge in [-0.3, -0.25) is 0 Å². The Hall–Kier alpha value is -0.920. The number of nitrogens with one attached hydrogen (secondary N) is 1. The Balaban J connectivity index is 2.35. The van der Waals surface area contributed by atoms with E-state index in [1.54, 1.807) is 11.3 Å². The number of hydrogen-bond acceptors (Lipinski definition) is 4. The molecule has 1 N–H and O–H groups in total. The molecule has 0 amide bonds. The predicted molar refractivity (Wildman–Crippen MR) is 71.8 cm³/mol. The molecule has 3 nitrogen and oxygen atoms in total. The first-order valence-electron chi connectivity index (χ1n) is 5.94. The minimum atomic E-state index is -0.215. The van der Waals surface area contributed by atoms with Gasteiger partial charge in [0.2, 0.25) is 0 Å². The van der Waals surface area contributed by atoms with Crippen LogP contribution in [0.1, 0.15) is 45.5 Å². The van der Waals surface area contributed by atoms with Crippen molar-refractivity contribution in [3.8, 4) is 6.07 Å². The van der Waals surface area contributed by atoms with Gasteiger partial charge in [-0.2, -0.15) is 5.26 Å². The predicted octanol–water partition coefficient (Wildman–Crippen LogP) is 3.30. The minimum absolute atomic E-state index is 0.0784. The molecule has 0 aliphatic carbocycles. The highest BCUT2D eigenvalue weighted by molar-refractivity contribution is 7.09. The molecule has 0 unspecified atom stereocenters. The van der Waals surface area contributed by atoms with Crippen molar-refractivity contribution in [2.45, 2.75) is 46.1 Å². The maximum absolute atomic E-state index is 8.92. The summed E-state index contributed by atoms with van der Waals surface area (Å²) in [5.41, 5.74) is -0.294. The summed E-state index contributed by atoms with van der Waals surface area (Å²) in [5, 5.41) is 15.5. The highest BCUT2D eigenvalue weighted by Crippen LogP contribution is 2.23. The van der Waals surface area contributed by atoms with Crippen LogP contribution in [-0.4, -0.2) is 11.5 Å². The van der Waals surface area contributed by atoms with Crippen LogP contribution in [-0.2, 0) is 5.54 Å². The highest BCUT2D eigenvalue weighted by Gasteiger charge is 2.22. The van der Waals surface area contributed by atoms with Crippen molar-refractivity contribution in [1.29, 1.82) is 5.26 Å². The molecule has 1 aromatic heterocycles. The second-order valence-electron chi connectivity index (χ2n) is 5.49. The quantitative estimate of drug-likeness (QED) is 0.789. The summed E-state index contributed by atoms with van der Waals surface area (Å²) >= 11 is 1.67. The Bertz CT molecular complexity index is 374. The zero-order valence-electron chi connectivity index (χ0n) is 11.1. The van der Waals surface area contributed by atoms with Gasteiger partial charge < -0.3 is 5.32 Å². The van der Waals surface area contributed by atoms with E-state index in [2.05, 4.69) is 30.2 Å². The lowest BCUT2D eigenvalue weighted by atomic mass is 9.90.